The fraction of sp³-hybridized carbons (Fsp3) is 1.00. The average molecular weight is 291 g/mol. The van der Waals surface area contributed by atoms with Gasteiger partial charge in [0.25, 0.3) is 0 Å². The Balaban J connectivity index is 4.35. The summed E-state index contributed by atoms with van der Waals surface area (Å²) in [6.45, 7) is 9.77. The normalized spacial score (nSPS) is 17.7. The van der Waals surface area contributed by atoms with Gasteiger partial charge >= 0.3 is 0 Å². The van der Waals surface area contributed by atoms with Gasteiger partial charge in [-0.25, -0.2) is 0 Å². The van der Waals surface area contributed by atoms with E-state index in [0.29, 0.717) is 46.2 Å². The minimum Gasteiger partial charge on any atom is -0.379 e. The third-order valence-electron chi connectivity index (χ3n) is 3.00. The Morgan fingerprint density at radius 2 is 1.35 bits per heavy atom. The zero-order valence-electron chi connectivity index (χ0n) is 13.3. The first-order valence-electron chi connectivity index (χ1n) is 7.40. The third kappa shape index (κ3) is 9.63. The third-order valence-corrected chi connectivity index (χ3v) is 3.00. The van der Waals surface area contributed by atoms with Crippen LogP contribution in [0.25, 0.3) is 0 Å². The zero-order valence-corrected chi connectivity index (χ0v) is 13.3. The smallest absolute Gasteiger partial charge is 0.0615 e. The van der Waals surface area contributed by atoms with E-state index < -0.39 is 0 Å². The molecule has 6 heteroatoms. The lowest BCUT2D eigenvalue weighted by Crippen LogP contribution is -2.39. The van der Waals surface area contributed by atoms with Crippen LogP contribution >= 0.6 is 0 Å². The molecule has 0 aliphatic carbocycles. The van der Waals surface area contributed by atoms with Crippen molar-refractivity contribution in [3.05, 3.63) is 0 Å². The van der Waals surface area contributed by atoms with Crippen molar-refractivity contribution < 1.29 is 14.2 Å². The van der Waals surface area contributed by atoms with Gasteiger partial charge in [0.2, 0.25) is 0 Å². The topological polar surface area (TPSA) is 106 Å². The Bertz CT molecular complexity index is 212. The highest BCUT2D eigenvalue weighted by Gasteiger charge is 2.30. The summed E-state index contributed by atoms with van der Waals surface area (Å²) in [5.41, 5.74) is 16.7. The molecule has 0 aromatic rings. The SMILES string of the molecule is CCC(COCCN)(COCC(C)N)COCC(C)N. The Kier molecular flexibility index (Phi) is 11.3. The van der Waals surface area contributed by atoms with Gasteiger partial charge in [0, 0.05) is 24.0 Å². The molecule has 0 aliphatic heterocycles. The molecule has 0 saturated carbocycles. The standard InChI is InChI=1S/C14H33N3O3/c1-4-14(9-18-6-5-15,10-19-7-12(2)16)11-20-8-13(3)17/h12-13H,4-11,15-17H2,1-3H3. The van der Waals surface area contributed by atoms with Crippen LogP contribution in [0.4, 0.5) is 0 Å². The Hall–Kier alpha value is -0.240. The highest BCUT2D eigenvalue weighted by molar-refractivity contribution is 4.78. The van der Waals surface area contributed by atoms with E-state index in [0.717, 1.165) is 6.42 Å². The Labute approximate surface area is 123 Å². The van der Waals surface area contributed by atoms with E-state index in [9.17, 15) is 0 Å². The van der Waals surface area contributed by atoms with E-state index in [-0.39, 0.29) is 17.5 Å². The maximum Gasteiger partial charge on any atom is 0.0615 e. The number of ether oxygens (including phenoxy) is 3. The van der Waals surface area contributed by atoms with Gasteiger partial charge in [-0.1, -0.05) is 6.92 Å². The predicted octanol–water partition coefficient (Wildman–Crippen LogP) is 0.0857. The molecule has 0 amide bonds. The van der Waals surface area contributed by atoms with Gasteiger partial charge in [-0.2, -0.15) is 0 Å². The van der Waals surface area contributed by atoms with Gasteiger partial charge in [-0.05, 0) is 20.3 Å². The average Bonchev–Trinajstić information content (AvgIpc) is 2.37. The van der Waals surface area contributed by atoms with Crippen molar-refractivity contribution in [1.82, 2.24) is 0 Å². The number of hydrogen-bond donors (Lipinski definition) is 3. The van der Waals surface area contributed by atoms with Crippen LogP contribution < -0.4 is 17.2 Å². The summed E-state index contributed by atoms with van der Waals surface area (Å²) in [7, 11) is 0. The Morgan fingerprint density at radius 1 is 0.900 bits per heavy atom. The van der Waals surface area contributed by atoms with E-state index in [1.807, 2.05) is 13.8 Å². The first-order chi connectivity index (χ1) is 9.45. The summed E-state index contributed by atoms with van der Waals surface area (Å²) >= 11 is 0. The van der Waals surface area contributed by atoms with Crippen molar-refractivity contribution in [3.8, 4) is 0 Å². The second-order valence-electron chi connectivity index (χ2n) is 5.68. The molecule has 2 unspecified atom stereocenters. The first kappa shape index (κ1) is 19.8. The van der Waals surface area contributed by atoms with Crippen LogP contribution in [0.1, 0.15) is 27.2 Å². The predicted molar refractivity (Wildman–Crippen MR) is 81.5 cm³/mol. The largest absolute Gasteiger partial charge is 0.379 e. The molecule has 0 fully saturated rings. The molecule has 0 saturated heterocycles. The molecule has 0 radical (unpaired) electrons. The minimum atomic E-state index is -0.168. The summed E-state index contributed by atoms with van der Waals surface area (Å²) in [6, 6.07) is 0.0546. The van der Waals surface area contributed by atoms with Crippen LogP contribution in [0.5, 0.6) is 0 Å². The molecular formula is C14H33N3O3. The molecule has 0 heterocycles. The lowest BCUT2D eigenvalue weighted by atomic mass is 9.88. The highest BCUT2D eigenvalue weighted by atomic mass is 16.5. The van der Waals surface area contributed by atoms with Crippen LogP contribution in [0.2, 0.25) is 0 Å². The Morgan fingerprint density at radius 3 is 1.70 bits per heavy atom. The lowest BCUT2D eigenvalue weighted by Gasteiger charge is -2.32. The van der Waals surface area contributed by atoms with Gasteiger partial charge in [0.15, 0.2) is 0 Å². The molecule has 0 aromatic carbocycles. The van der Waals surface area contributed by atoms with Crippen molar-refractivity contribution in [2.24, 2.45) is 22.6 Å². The maximum absolute atomic E-state index is 5.70. The summed E-state index contributed by atoms with van der Waals surface area (Å²) in [4.78, 5) is 0. The molecule has 2 atom stereocenters. The maximum atomic E-state index is 5.70. The second kappa shape index (κ2) is 11.4. The molecule has 0 bridgehead atoms. The van der Waals surface area contributed by atoms with E-state index in [1.165, 1.54) is 0 Å². The van der Waals surface area contributed by atoms with Crippen LogP contribution in [-0.4, -0.2) is 58.3 Å². The summed E-state index contributed by atoms with van der Waals surface area (Å²) in [6.07, 6.45) is 0.898. The van der Waals surface area contributed by atoms with Crippen LogP contribution in [0.3, 0.4) is 0 Å². The molecule has 0 rings (SSSR count). The zero-order chi connectivity index (χ0) is 15.4. The molecule has 6 N–H and O–H groups in total. The van der Waals surface area contributed by atoms with Gasteiger partial charge in [-0.15, -0.1) is 0 Å². The number of nitrogens with two attached hydrogens (primary N) is 3. The molecule has 0 spiro atoms. The molecule has 6 nitrogen and oxygen atoms in total. The fourth-order valence-electron chi connectivity index (χ4n) is 1.73. The molecule has 122 valence electrons. The van der Waals surface area contributed by atoms with Crippen LogP contribution in [-0.2, 0) is 14.2 Å². The van der Waals surface area contributed by atoms with Crippen molar-refractivity contribution in [2.45, 2.75) is 39.3 Å². The van der Waals surface area contributed by atoms with Gasteiger partial charge in [0.05, 0.1) is 39.6 Å². The minimum absolute atomic E-state index is 0.0273. The summed E-state index contributed by atoms with van der Waals surface area (Å²) < 4.78 is 17.0. The van der Waals surface area contributed by atoms with E-state index in [4.69, 9.17) is 31.4 Å². The number of hydrogen-bond acceptors (Lipinski definition) is 6. The van der Waals surface area contributed by atoms with Crippen molar-refractivity contribution in [3.63, 3.8) is 0 Å². The summed E-state index contributed by atoms with van der Waals surface area (Å²) in [5.74, 6) is 0. The van der Waals surface area contributed by atoms with Crippen molar-refractivity contribution in [2.75, 3.05) is 46.2 Å². The molecule has 0 aromatic heterocycles. The molecular weight excluding hydrogens is 258 g/mol. The van der Waals surface area contributed by atoms with E-state index in [1.54, 1.807) is 0 Å². The number of rotatable bonds is 13. The molecule has 0 aliphatic rings. The fourth-order valence-corrected chi connectivity index (χ4v) is 1.73. The monoisotopic (exact) mass is 291 g/mol. The first-order valence-corrected chi connectivity index (χ1v) is 7.40. The van der Waals surface area contributed by atoms with Crippen LogP contribution in [0.15, 0.2) is 0 Å². The van der Waals surface area contributed by atoms with Gasteiger partial charge < -0.3 is 31.4 Å². The van der Waals surface area contributed by atoms with E-state index in [2.05, 4.69) is 6.92 Å². The van der Waals surface area contributed by atoms with Crippen molar-refractivity contribution >= 4 is 0 Å². The van der Waals surface area contributed by atoms with E-state index >= 15 is 0 Å². The second-order valence-corrected chi connectivity index (χ2v) is 5.68. The van der Waals surface area contributed by atoms with Crippen LogP contribution in [0, 0.1) is 5.41 Å². The summed E-state index contributed by atoms with van der Waals surface area (Å²) in [5, 5.41) is 0. The quantitative estimate of drug-likeness (QED) is 0.415. The lowest BCUT2D eigenvalue weighted by molar-refractivity contribution is -0.0728. The highest BCUT2D eigenvalue weighted by Crippen LogP contribution is 2.24. The van der Waals surface area contributed by atoms with Gasteiger partial charge in [0.1, 0.15) is 0 Å². The van der Waals surface area contributed by atoms with Crippen molar-refractivity contribution in [1.29, 1.82) is 0 Å². The van der Waals surface area contributed by atoms with Gasteiger partial charge in [-0.3, -0.25) is 0 Å². The molecule has 20 heavy (non-hydrogen) atoms.